The second-order valence-electron chi connectivity index (χ2n) is 7.91. The van der Waals surface area contributed by atoms with Crippen LogP contribution in [0.25, 0.3) is 5.82 Å². The molecule has 2 N–H and O–H groups in total. The summed E-state index contributed by atoms with van der Waals surface area (Å²) in [6.45, 7) is 2.70. The van der Waals surface area contributed by atoms with Crippen LogP contribution in [0.4, 0.5) is 8.78 Å². The maximum absolute atomic E-state index is 13.4. The number of hydrogen-bond acceptors (Lipinski definition) is 4. The number of halogens is 2. The quantitative estimate of drug-likeness (QED) is 0.712. The number of allylic oxidation sites excluding steroid dienone is 1. The van der Waals surface area contributed by atoms with Crippen molar-refractivity contribution >= 4 is 19.6 Å². The van der Waals surface area contributed by atoms with Crippen molar-refractivity contribution in [1.29, 1.82) is 0 Å². The minimum absolute atomic E-state index is 0.0978. The normalized spacial score (nSPS) is 21.6. The number of aryl methyl sites for hydroxylation is 2. The molecule has 1 saturated carbocycles. The van der Waals surface area contributed by atoms with Gasteiger partial charge in [-0.25, -0.2) is 13.8 Å². The van der Waals surface area contributed by atoms with Crippen molar-refractivity contribution in [3.05, 3.63) is 41.7 Å². The molecule has 0 bridgehead atoms. The summed E-state index contributed by atoms with van der Waals surface area (Å²) in [6, 6.07) is 0.328. The van der Waals surface area contributed by atoms with E-state index < -0.39 is 11.5 Å². The second kappa shape index (κ2) is 8.24. The van der Waals surface area contributed by atoms with Crippen LogP contribution >= 0.6 is 0 Å². The first kappa shape index (κ1) is 20.6. The summed E-state index contributed by atoms with van der Waals surface area (Å²) in [5, 5.41) is 10.7. The van der Waals surface area contributed by atoms with Crippen molar-refractivity contribution in [2.75, 3.05) is 0 Å². The van der Waals surface area contributed by atoms with Crippen LogP contribution < -0.4 is 10.6 Å². The van der Waals surface area contributed by atoms with E-state index in [4.69, 9.17) is 7.85 Å². The summed E-state index contributed by atoms with van der Waals surface area (Å²) < 4.78 is 30.3. The van der Waals surface area contributed by atoms with E-state index in [2.05, 4.69) is 20.7 Å². The van der Waals surface area contributed by atoms with Crippen LogP contribution in [-0.2, 0) is 18.8 Å². The summed E-state index contributed by atoms with van der Waals surface area (Å²) in [7, 11) is 4.92. The minimum atomic E-state index is -3.45. The lowest BCUT2D eigenvalue weighted by Crippen LogP contribution is -2.42. The van der Waals surface area contributed by atoms with Crippen molar-refractivity contribution in [3.63, 3.8) is 0 Å². The molecule has 3 heterocycles. The van der Waals surface area contributed by atoms with E-state index in [-0.39, 0.29) is 18.0 Å². The van der Waals surface area contributed by atoms with Gasteiger partial charge in [0.15, 0.2) is 7.85 Å². The second-order valence-corrected chi connectivity index (χ2v) is 7.91. The van der Waals surface area contributed by atoms with Crippen LogP contribution in [0, 0.1) is 0 Å². The van der Waals surface area contributed by atoms with Gasteiger partial charge in [-0.3, -0.25) is 14.0 Å². The molecule has 158 valence electrons. The number of fused-ring (bicyclic) bond motifs is 1. The number of carbonyl (C=O) groups is 1. The van der Waals surface area contributed by atoms with Crippen LogP contribution in [0.3, 0.4) is 0 Å². The fraction of sp³-hybridized carbons (Fsp3) is 0.550. The zero-order chi connectivity index (χ0) is 21.3. The molecule has 1 aliphatic heterocycles. The lowest BCUT2D eigenvalue weighted by atomic mass is 9.91. The van der Waals surface area contributed by atoms with Gasteiger partial charge in [0, 0.05) is 37.4 Å². The van der Waals surface area contributed by atoms with Gasteiger partial charge in [0.25, 0.3) is 5.91 Å². The Morgan fingerprint density at radius 2 is 2.00 bits per heavy atom. The van der Waals surface area contributed by atoms with Crippen LogP contribution in [0.15, 0.2) is 24.7 Å². The Bertz CT molecular complexity index is 939. The molecule has 2 aliphatic rings. The van der Waals surface area contributed by atoms with E-state index in [1.165, 1.54) is 6.20 Å². The molecule has 1 aliphatic carbocycles. The average molecular weight is 414 g/mol. The lowest BCUT2D eigenvalue weighted by molar-refractivity contribution is 0.0892. The molecule has 30 heavy (non-hydrogen) atoms. The molecule has 2 aromatic rings. The van der Waals surface area contributed by atoms with Gasteiger partial charge < -0.3 is 10.6 Å². The Morgan fingerprint density at radius 3 is 2.67 bits per heavy atom. The van der Waals surface area contributed by atoms with Gasteiger partial charge in [-0.15, -0.1) is 0 Å². The Kier molecular flexibility index (Phi) is 5.66. The van der Waals surface area contributed by atoms with Crippen molar-refractivity contribution in [2.45, 2.75) is 69.9 Å². The first-order valence-corrected chi connectivity index (χ1v) is 10.4. The molecule has 0 aromatic carbocycles. The standard InChI is InChI=1S/C20H25BF2N6O/c1-2-28-11-13(10-24-28)19(30)26-15-8-6-14(7-9-15)25-17-4-3-5-18-27-16(12-29(17)18)20(21,22)23/h4,10-12,14-15,25H,2-3,5-9H2,1H3,(H,26,30). The van der Waals surface area contributed by atoms with Gasteiger partial charge in [0.05, 0.1) is 11.8 Å². The Morgan fingerprint density at radius 1 is 1.27 bits per heavy atom. The summed E-state index contributed by atoms with van der Waals surface area (Å²) in [5.74, 6) is -2.17. The van der Waals surface area contributed by atoms with Gasteiger partial charge in [0.2, 0.25) is 5.82 Å². The number of alkyl halides is 2. The number of carbonyl (C=O) groups excluding carboxylic acids is 1. The highest BCUT2D eigenvalue weighted by atomic mass is 19.3. The highest BCUT2D eigenvalue weighted by Gasteiger charge is 2.30. The monoisotopic (exact) mass is 414 g/mol. The van der Waals surface area contributed by atoms with E-state index >= 15 is 0 Å². The molecule has 0 unspecified atom stereocenters. The maximum atomic E-state index is 13.4. The molecular weight excluding hydrogens is 389 g/mol. The van der Waals surface area contributed by atoms with E-state index in [0.29, 0.717) is 17.8 Å². The van der Waals surface area contributed by atoms with E-state index in [1.807, 2.05) is 13.0 Å². The number of nitrogens with one attached hydrogen (secondary N) is 2. The molecule has 0 spiro atoms. The molecule has 4 rings (SSSR count). The lowest BCUT2D eigenvalue weighted by Gasteiger charge is -2.32. The summed E-state index contributed by atoms with van der Waals surface area (Å²) in [5.41, 5.74) is 0.162. The third-order valence-corrected chi connectivity index (χ3v) is 5.72. The molecule has 0 atom stereocenters. The molecule has 2 radical (unpaired) electrons. The van der Waals surface area contributed by atoms with E-state index in [9.17, 15) is 13.6 Å². The molecule has 10 heteroatoms. The molecular formula is C20H25BF2N6O. The van der Waals surface area contributed by atoms with Crippen molar-refractivity contribution in [2.24, 2.45) is 0 Å². The molecule has 1 fully saturated rings. The first-order chi connectivity index (χ1) is 14.3. The third kappa shape index (κ3) is 4.42. The summed E-state index contributed by atoms with van der Waals surface area (Å²) in [4.78, 5) is 16.4. The minimum Gasteiger partial charge on any atom is -0.369 e. The number of aromatic nitrogens is 4. The number of imidazole rings is 1. The van der Waals surface area contributed by atoms with Gasteiger partial charge >= 0.3 is 0 Å². The van der Waals surface area contributed by atoms with Gasteiger partial charge in [-0.2, -0.15) is 5.10 Å². The van der Waals surface area contributed by atoms with Crippen molar-refractivity contribution in [3.8, 4) is 0 Å². The van der Waals surface area contributed by atoms with Gasteiger partial charge in [0.1, 0.15) is 17.3 Å². The molecule has 2 aromatic heterocycles. The topological polar surface area (TPSA) is 76.8 Å². The fourth-order valence-electron chi connectivity index (χ4n) is 4.04. The Hall–Kier alpha value is -2.65. The molecule has 0 saturated heterocycles. The fourth-order valence-corrected chi connectivity index (χ4v) is 4.04. The number of nitrogens with zero attached hydrogens (tertiary/aromatic N) is 4. The Balaban J connectivity index is 1.32. The zero-order valence-corrected chi connectivity index (χ0v) is 16.9. The predicted octanol–water partition coefficient (Wildman–Crippen LogP) is 2.39. The largest absolute Gasteiger partial charge is 0.369 e. The highest BCUT2D eigenvalue weighted by Crippen LogP contribution is 2.28. The van der Waals surface area contributed by atoms with Crippen LogP contribution in [0.1, 0.15) is 60.9 Å². The van der Waals surface area contributed by atoms with Crippen LogP contribution in [0.2, 0.25) is 0 Å². The van der Waals surface area contributed by atoms with Crippen molar-refractivity contribution in [1.82, 2.24) is 30.0 Å². The SMILES string of the molecule is [B]C(F)(F)c1cn2c(n1)CCC=C2NC1CCC(NC(=O)c2cnn(CC)c2)CC1. The maximum Gasteiger partial charge on any atom is 0.254 e. The number of hydrogen-bond donors (Lipinski definition) is 2. The smallest absolute Gasteiger partial charge is 0.254 e. The van der Waals surface area contributed by atoms with E-state index in [0.717, 1.165) is 44.5 Å². The first-order valence-electron chi connectivity index (χ1n) is 10.4. The predicted molar refractivity (Wildman–Crippen MR) is 109 cm³/mol. The van der Waals surface area contributed by atoms with Crippen molar-refractivity contribution < 1.29 is 13.6 Å². The Labute approximate surface area is 175 Å². The number of rotatable bonds is 6. The zero-order valence-electron chi connectivity index (χ0n) is 16.9. The van der Waals surface area contributed by atoms with Gasteiger partial charge in [-0.05, 0) is 45.1 Å². The van der Waals surface area contributed by atoms with Crippen LogP contribution in [0.5, 0.6) is 0 Å². The number of amides is 1. The molecule has 7 nitrogen and oxygen atoms in total. The van der Waals surface area contributed by atoms with Gasteiger partial charge in [-0.1, -0.05) is 0 Å². The average Bonchev–Trinajstić information content (AvgIpc) is 3.37. The third-order valence-electron chi connectivity index (χ3n) is 5.72. The van der Waals surface area contributed by atoms with E-state index in [1.54, 1.807) is 21.6 Å². The van der Waals surface area contributed by atoms with Crippen LogP contribution in [-0.4, -0.2) is 45.2 Å². The molecule has 1 amide bonds. The summed E-state index contributed by atoms with van der Waals surface area (Å²) in [6.07, 6.45) is 11.5. The highest BCUT2D eigenvalue weighted by molar-refractivity contribution is 6.13. The summed E-state index contributed by atoms with van der Waals surface area (Å²) >= 11 is 0.